The second kappa shape index (κ2) is 11.9. The monoisotopic (exact) mass is 520 g/mol. The molecule has 0 spiro atoms. The number of urea groups is 1. The van der Waals surface area contributed by atoms with E-state index in [2.05, 4.69) is 15.3 Å². The van der Waals surface area contributed by atoms with E-state index in [0.29, 0.717) is 42.5 Å². The lowest BCUT2D eigenvalue weighted by atomic mass is 9.95. The zero-order chi connectivity index (χ0) is 27.2. The molecule has 0 bridgehead atoms. The van der Waals surface area contributed by atoms with Gasteiger partial charge in [0.15, 0.2) is 0 Å². The quantitative estimate of drug-likeness (QED) is 0.194. The first kappa shape index (κ1) is 27.7. The fourth-order valence-corrected chi connectivity index (χ4v) is 3.66. The number of pyridine rings is 1. The molecule has 2 amide bonds. The van der Waals surface area contributed by atoms with E-state index >= 15 is 0 Å². The molecule has 3 rings (SSSR count). The van der Waals surface area contributed by atoms with Crippen molar-refractivity contribution in [2.45, 2.75) is 26.4 Å². The highest BCUT2D eigenvalue weighted by molar-refractivity contribution is 6.05. The van der Waals surface area contributed by atoms with Crippen LogP contribution in [0, 0.1) is 18.6 Å². The maximum absolute atomic E-state index is 14.9. The highest BCUT2D eigenvalue weighted by atomic mass is 19.4. The molecule has 196 valence electrons. The molecule has 0 fully saturated rings. The van der Waals surface area contributed by atoms with Gasteiger partial charge in [-0.3, -0.25) is 9.98 Å². The number of nitrogens with zero attached hydrogens (tertiary/aromatic N) is 2. The van der Waals surface area contributed by atoms with Crippen LogP contribution in [0.1, 0.15) is 30.0 Å². The van der Waals surface area contributed by atoms with Gasteiger partial charge in [-0.2, -0.15) is 13.2 Å². The van der Waals surface area contributed by atoms with Crippen molar-refractivity contribution in [3.8, 4) is 11.1 Å². The van der Waals surface area contributed by atoms with E-state index in [1.165, 1.54) is 12.1 Å². The molecule has 1 heterocycles. The molecular weight excluding hydrogens is 495 g/mol. The number of aliphatic imine (C=N–C) groups is 1. The van der Waals surface area contributed by atoms with Crippen molar-refractivity contribution in [2.24, 2.45) is 4.99 Å². The number of anilines is 2. The number of aryl methyl sites for hydroxylation is 1. The smallest absolute Gasteiger partial charge is 0.385 e. The van der Waals surface area contributed by atoms with Gasteiger partial charge in [0.2, 0.25) is 0 Å². The van der Waals surface area contributed by atoms with Gasteiger partial charge in [-0.05, 0) is 61.7 Å². The van der Waals surface area contributed by atoms with Crippen LogP contribution in [-0.4, -0.2) is 37.0 Å². The first-order valence-corrected chi connectivity index (χ1v) is 11.2. The average molecular weight is 521 g/mol. The van der Waals surface area contributed by atoms with Gasteiger partial charge in [0.25, 0.3) is 0 Å². The predicted molar refractivity (Wildman–Crippen MR) is 132 cm³/mol. The summed E-state index contributed by atoms with van der Waals surface area (Å²) in [5, 5.41) is 4.17. The number of ether oxygens (including phenoxy) is 1. The molecular formula is C26H25F5N4O2. The normalized spacial score (nSPS) is 11.9. The number of benzene rings is 2. The number of methoxy groups -OCH3 is 1. The molecule has 37 heavy (non-hydrogen) atoms. The second-order valence-corrected chi connectivity index (χ2v) is 8.16. The van der Waals surface area contributed by atoms with Crippen molar-refractivity contribution in [2.75, 3.05) is 30.9 Å². The van der Waals surface area contributed by atoms with Crippen molar-refractivity contribution in [1.82, 2.24) is 4.98 Å². The number of carbonyl (C=O) groups excluding carboxylic acids is 1. The van der Waals surface area contributed by atoms with Gasteiger partial charge in [0, 0.05) is 49.5 Å². The minimum atomic E-state index is -4.72. The number of alkyl halides is 3. The molecule has 3 aromatic rings. The molecule has 0 aliphatic heterocycles. The third-order valence-electron chi connectivity index (χ3n) is 5.42. The van der Waals surface area contributed by atoms with Crippen LogP contribution in [0.15, 0.2) is 53.8 Å². The molecule has 0 radical (unpaired) electrons. The fourth-order valence-electron chi connectivity index (χ4n) is 3.66. The molecule has 0 aliphatic carbocycles. The van der Waals surface area contributed by atoms with Crippen LogP contribution < -0.4 is 10.6 Å². The summed E-state index contributed by atoms with van der Waals surface area (Å²) in [6.45, 7) is 4.85. The average Bonchev–Trinajstić information content (AvgIpc) is 2.83. The Hall–Kier alpha value is -3.86. The van der Waals surface area contributed by atoms with E-state index in [1.54, 1.807) is 25.6 Å². The lowest BCUT2D eigenvalue weighted by Crippen LogP contribution is -2.21. The van der Waals surface area contributed by atoms with Crippen molar-refractivity contribution < 1.29 is 31.5 Å². The van der Waals surface area contributed by atoms with Crippen molar-refractivity contribution in [3.05, 3.63) is 77.1 Å². The summed E-state index contributed by atoms with van der Waals surface area (Å²) in [6, 6.07) is 4.53. The van der Waals surface area contributed by atoms with E-state index in [1.807, 2.05) is 19.2 Å². The predicted octanol–water partition coefficient (Wildman–Crippen LogP) is 6.84. The van der Waals surface area contributed by atoms with Crippen LogP contribution in [0.5, 0.6) is 0 Å². The highest BCUT2D eigenvalue weighted by Gasteiger charge is 2.31. The van der Waals surface area contributed by atoms with E-state index in [-0.39, 0.29) is 5.69 Å². The van der Waals surface area contributed by atoms with Crippen LogP contribution in [0.2, 0.25) is 0 Å². The molecule has 0 saturated heterocycles. The Bertz CT molecular complexity index is 1310. The number of aromatic nitrogens is 1. The van der Waals surface area contributed by atoms with E-state index in [4.69, 9.17) is 4.74 Å². The van der Waals surface area contributed by atoms with Crippen LogP contribution in [0.4, 0.5) is 38.1 Å². The first-order chi connectivity index (χ1) is 17.5. The minimum Gasteiger partial charge on any atom is -0.385 e. The summed E-state index contributed by atoms with van der Waals surface area (Å²) in [5.41, 5.74) is 1.41. The molecule has 6 nitrogen and oxygen atoms in total. The molecule has 0 unspecified atom stereocenters. The Labute approximate surface area is 210 Å². The molecule has 2 N–H and O–H groups in total. The molecule has 0 atom stereocenters. The Morgan fingerprint density at radius 1 is 1.03 bits per heavy atom. The maximum Gasteiger partial charge on any atom is 0.416 e. The van der Waals surface area contributed by atoms with Crippen molar-refractivity contribution in [3.63, 3.8) is 0 Å². The Balaban J connectivity index is 1.81. The van der Waals surface area contributed by atoms with E-state index < -0.39 is 35.1 Å². The fraction of sp³-hybridized carbons (Fsp3) is 0.269. The number of hydrogen-bond acceptors (Lipinski definition) is 4. The standard InChI is InChI=1S/C26H25F5N4O2/c1-15-13-32-14-19(24(15)16(2)33-9-4-10-37-3)17-5-8-22(21(28)11-17)34-25(36)35-23-12-18(26(29,30)31)6-7-20(23)27/h5-8,11-14H,4,9-10H2,1-3H3,(H2,34,35,36). The number of carbonyl (C=O) groups is 1. The third kappa shape index (κ3) is 7.10. The van der Waals surface area contributed by atoms with E-state index in [9.17, 15) is 26.7 Å². The Morgan fingerprint density at radius 2 is 1.76 bits per heavy atom. The van der Waals surface area contributed by atoms with Crippen LogP contribution in [0.25, 0.3) is 11.1 Å². The first-order valence-electron chi connectivity index (χ1n) is 11.2. The number of nitrogens with one attached hydrogen (secondary N) is 2. The number of rotatable bonds is 8. The van der Waals surface area contributed by atoms with Gasteiger partial charge in [-0.15, -0.1) is 0 Å². The lowest BCUT2D eigenvalue weighted by molar-refractivity contribution is -0.137. The van der Waals surface area contributed by atoms with Crippen LogP contribution in [-0.2, 0) is 10.9 Å². The molecule has 11 heteroatoms. The van der Waals surface area contributed by atoms with Crippen molar-refractivity contribution >= 4 is 23.1 Å². The zero-order valence-corrected chi connectivity index (χ0v) is 20.3. The van der Waals surface area contributed by atoms with Gasteiger partial charge in [0.1, 0.15) is 11.6 Å². The highest BCUT2D eigenvalue weighted by Crippen LogP contribution is 2.32. The SMILES string of the molecule is COCCCN=C(C)c1c(C)cncc1-c1ccc(NC(=O)Nc2cc(C(F)(F)F)ccc2F)c(F)c1. The van der Waals surface area contributed by atoms with E-state index in [0.717, 1.165) is 23.3 Å². The summed E-state index contributed by atoms with van der Waals surface area (Å²) < 4.78 is 72.6. The summed E-state index contributed by atoms with van der Waals surface area (Å²) >= 11 is 0. The molecule has 0 aliphatic rings. The maximum atomic E-state index is 14.9. The van der Waals surface area contributed by atoms with Gasteiger partial charge in [0.05, 0.1) is 16.9 Å². The zero-order valence-electron chi connectivity index (χ0n) is 20.3. The molecule has 2 aromatic carbocycles. The van der Waals surface area contributed by atoms with Gasteiger partial charge in [-0.25, -0.2) is 13.6 Å². The topological polar surface area (TPSA) is 75.6 Å². The lowest BCUT2D eigenvalue weighted by Gasteiger charge is -2.14. The summed E-state index contributed by atoms with van der Waals surface area (Å²) in [7, 11) is 1.61. The molecule has 1 aromatic heterocycles. The number of halogens is 5. The Kier molecular flexibility index (Phi) is 8.93. The largest absolute Gasteiger partial charge is 0.416 e. The number of amides is 2. The summed E-state index contributed by atoms with van der Waals surface area (Å²) in [4.78, 5) is 21.0. The van der Waals surface area contributed by atoms with Crippen molar-refractivity contribution in [1.29, 1.82) is 0 Å². The van der Waals surface area contributed by atoms with Crippen LogP contribution in [0.3, 0.4) is 0 Å². The Morgan fingerprint density at radius 3 is 2.43 bits per heavy atom. The van der Waals surface area contributed by atoms with Gasteiger partial charge in [-0.1, -0.05) is 6.07 Å². The number of hydrogen-bond donors (Lipinski definition) is 2. The minimum absolute atomic E-state index is 0.249. The van der Waals surface area contributed by atoms with Crippen LogP contribution >= 0.6 is 0 Å². The molecule has 0 saturated carbocycles. The summed E-state index contributed by atoms with van der Waals surface area (Å²) in [6.07, 6.45) is -0.716. The van der Waals surface area contributed by atoms with Gasteiger partial charge >= 0.3 is 12.2 Å². The van der Waals surface area contributed by atoms with Gasteiger partial charge < -0.3 is 15.4 Å². The third-order valence-corrected chi connectivity index (χ3v) is 5.42. The second-order valence-electron chi connectivity index (χ2n) is 8.16. The summed E-state index contributed by atoms with van der Waals surface area (Å²) in [5.74, 6) is -1.88.